The van der Waals surface area contributed by atoms with E-state index in [0.29, 0.717) is 19.8 Å². The van der Waals surface area contributed by atoms with Gasteiger partial charge in [-0.25, -0.2) is 4.98 Å². The van der Waals surface area contributed by atoms with Gasteiger partial charge in [0.05, 0.1) is 31.0 Å². The van der Waals surface area contributed by atoms with Gasteiger partial charge < -0.3 is 9.47 Å². The second-order valence-corrected chi connectivity index (χ2v) is 6.19. The summed E-state index contributed by atoms with van der Waals surface area (Å²) in [5.74, 6) is 0.254. The molecule has 3 nitrogen and oxygen atoms in total. The number of unbranched alkanes of at least 4 members (excludes halogenated alkanes) is 1. The average molecular weight is 319 g/mol. The van der Waals surface area contributed by atoms with Crippen molar-refractivity contribution in [3.05, 3.63) is 52.0 Å². The van der Waals surface area contributed by atoms with Gasteiger partial charge in [0, 0.05) is 17.4 Å². The fourth-order valence-electron chi connectivity index (χ4n) is 2.32. The SMILES string of the molecule is CCCCOCCOCC(c1ccccc1)c1scnc1C. The quantitative estimate of drug-likeness (QED) is 0.608. The Morgan fingerprint density at radius 3 is 2.55 bits per heavy atom. The normalized spacial score (nSPS) is 12.5. The fraction of sp³-hybridized carbons (Fsp3) is 0.500. The Kier molecular flexibility index (Phi) is 7.57. The van der Waals surface area contributed by atoms with Crippen molar-refractivity contribution in [3.63, 3.8) is 0 Å². The Morgan fingerprint density at radius 2 is 1.86 bits per heavy atom. The van der Waals surface area contributed by atoms with Crippen LogP contribution in [0.3, 0.4) is 0 Å². The predicted molar refractivity (Wildman–Crippen MR) is 91.7 cm³/mol. The van der Waals surface area contributed by atoms with Crippen molar-refractivity contribution < 1.29 is 9.47 Å². The van der Waals surface area contributed by atoms with Crippen LogP contribution in [-0.4, -0.2) is 31.4 Å². The molecular weight excluding hydrogens is 294 g/mol. The van der Waals surface area contributed by atoms with Gasteiger partial charge in [0.2, 0.25) is 0 Å². The summed E-state index contributed by atoms with van der Waals surface area (Å²) >= 11 is 1.71. The molecule has 1 heterocycles. The molecule has 4 heteroatoms. The molecule has 2 aromatic rings. The van der Waals surface area contributed by atoms with Gasteiger partial charge in [0.25, 0.3) is 0 Å². The van der Waals surface area contributed by atoms with E-state index < -0.39 is 0 Å². The zero-order valence-corrected chi connectivity index (χ0v) is 14.3. The van der Waals surface area contributed by atoms with Gasteiger partial charge in [-0.15, -0.1) is 11.3 Å². The molecule has 0 N–H and O–H groups in total. The minimum atomic E-state index is 0.254. The van der Waals surface area contributed by atoms with Gasteiger partial charge in [0.1, 0.15) is 0 Å². The number of hydrogen-bond donors (Lipinski definition) is 0. The summed E-state index contributed by atoms with van der Waals surface area (Å²) in [5.41, 5.74) is 4.29. The Morgan fingerprint density at radius 1 is 1.09 bits per heavy atom. The molecule has 1 aromatic heterocycles. The lowest BCUT2D eigenvalue weighted by molar-refractivity contribution is 0.0443. The van der Waals surface area contributed by atoms with Gasteiger partial charge in [-0.2, -0.15) is 0 Å². The standard InChI is InChI=1S/C18H25NO2S/c1-3-4-10-20-11-12-21-13-17(16-8-6-5-7-9-16)18-15(2)19-14-22-18/h5-9,14,17H,3-4,10-13H2,1-2H3. The van der Waals surface area contributed by atoms with Crippen molar-refractivity contribution >= 4 is 11.3 Å². The van der Waals surface area contributed by atoms with Crippen LogP contribution in [0.1, 0.15) is 41.8 Å². The highest BCUT2D eigenvalue weighted by Gasteiger charge is 2.18. The van der Waals surface area contributed by atoms with E-state index in [9.17, 15) is 0 Å². The average Bonchev–Trinajstić information content (AvgIpc) is 2.97. The van der Waals surface area contributed by atoms with E-state index in [-0.39, 0.29) is 5.92 Å². The second kappa shape index (κ2) is 9.72. The third kappa shape index (κ3) is 5.20. The molecule has 1 aromatic carbocycles. The predicted octanol–water partition coefficient (Wildman–Crippen LogP) is 4.42. The van der Waals surface area contributed by atoms with Crippen molar-refractivity contribution in [1.29, 1.82) is 0 Å². The summed E-state index contributed by atoms with van der Waals surface area (Å²) in [6.45, 7) is 7.05. The topological polar surface area (TPSA) is 31.4 Å². The van der Waals surface area contributed by atoms with Gasteiger partial charge in [-0.3, -0.25) is 0 Å². The van der Waals surface area contributed by atoms with Gasteiger partial charge in [0.15, 0.2) is 0 Å². The Bertz CT molecular complexity index is 527. The second-order valence-electron chi connectivity index (χ2n) is 5.31. The molecule has 1 atom stereocenters. The number of aryl methyl sites for hydroxylation is 1. The molecule has 0 aliphatic rings. The molecule has 1 unspecified atom stereocenters. The fourth-order valence-corrected chi connectivity index (χ4v) is 3.24. The van der Waals surface area contributed by atoms with E-state index in [0.717, 1.165) is 18.7 Å². The lowest BCUT2D eigenvalue weighted by Crippen LogP contribution is -2.13. The van der Waals surface area contributed by atoms with Crippen LogP contribution < -0.4 is 0 Å². The molecule has 22 heavy (non-hydrogen) atoms. The Balaban J connectivity index is 1.88. The van der Waals surface area contributed by atoms with E-state index in [2.05, 4.69) is 43.1 Å². The van der Waals surface area contributed by atoms with Crippen LogP contribution in [-0.2, 0) is 9.47 Å². The third-order valence-corrected chi connectivity index (χ3v) is 4.64. The molecule has 0 bridgehead atoms. The Labute approximate surface area is 137 Å². The maximum absolute atomic E-state index is 5.86. The summed E-state index contributed by atoms with van der Waals surface area (Å²) in [7, 11) is 0. The largest absolute Gasteiger partial charge is 0.379 e. The molecule has 0 amide bonds. The van der Waals surface area contributed by atoms with Crippen LogP contribution in [0.2, 0.25) is 0 Å². The molecule has 0 saturated carbocycles. The van der Waals surface area contributed by atoms with E-state index >= 15 is 0 Å². The van der Waals surface area contributed by atoms with Crippen LogP contribution in [0.15, 0.2) is 35.8 Å². The number of nitrogens with zero attached hydrogens (tertiary/aromatic N) is 1. The highest BCUT2D eigenvalue weighted by molar-refractivity contribution is 7.09. The first-order valence-corrected chi connectivity index (χ1v) is 8.81. The molecule has 0 saturated heterocycles. The van der Waals surface area contributed by atoms with Crippen LogP contribution >= 0.6 is 11.3 Å². The number of rotatable bonds is 10. The van der Waals surface area contributed by atoms with Crippen LogP contribution in [0.25, 0.3) is 0 Å². The van der Waals surface area contributed by atoms with Crippen LogP contribution in [0.4, 0.5) is 0 Å². The third-order valence-electron chi connectivity index (χ3n) is 3.60. The zero-order valence-electron chi connectivity index (χ0n) is 13.5. The van der Waals surface area contributed by atoms with Crippen LogP contribution in [0, 0.1) is 6.92 Å². The maximum Gasteiger partial charge on any atom is 0.0797 e. The van der Waals surface area contributed by atoms with Gasteiger partial charge in [-0.05, 0) is 18.9 Å². The first-order chi connectivity index (χ1) is 10.8. The number of aromatic nitrogens is 1. The van der Waals surface area contributed by atoms with Gasteiger partial charge >= 0.3 is 0 Å². The smallest absolute Gasteiger partial charge is 0.0797 e. The number of thiazole rings is 1. The first kappa shape index (κ1) is 17.1. The monoisotopic (exact) mass is 319 g/mol. The summed E-state index contributed by atoms with van der Waals surface area (Å²) in [6.07, 6.45) is 2.29. The summed E-state index contributed by atoms with van der Waals surface area (Å²) in [5, 5.41) is 0. The van der Waals surface area contributed by atoms with E-state index in [1.807, 2.05) is 11.6 Å². The van der Waals surface area contributed by atoms with Gasteiger partial charge in [-0.1, -0.05) is 43.7 Å². The molecule has 0 aliphatic heterocycles. The summed E-state index contributed by atoms with van der Waals surface area (Å²) in [6, 6.07) is 10.5. The molecule has 0 radical (unpaired) electrons. The highest BCUT2D eigenvalue weighted by Crippen LogP contribution is 2.30. The van der Waals surface area contributed by atoms with Crippen LogP contribution in [0.5, 0.6) is 0 Å². The molecule has 0 fully saturated rings. The molecular formula is C18H25NO2S. The molecule has 2 rings (SSSR count). The molecule has 0 aliphatic carbocycles. The van der Waals surface area contributed by atoms with Crippen molar-refractivity contribution in [2.24, 2.45) is 0 Å². The molecule has 120 valence electrons. The molecule has 0 spiro atoms. The zero-order chi connectivity index (χ0) is 15.6. The Hall–Kier alpha value is -1.23. The number of hydrogen-bond acceptors (Lipinski definition) is 4. The van der Waals surface area contributed by atoms with Crippen molar-refractivity contribution in [1.82, 2.24) is 4.98 Å². The van der Waals surface area contributed by atoms with E-state index in [4.69, 9.17) is 9.47 Å². The van der Waals surface area contributed by atoms with Crippen molar-refractivity contribution in [3.8, 4) is 0 Å². The summed E-state index contributed by atoms with van der Waals surface area (Å²) in [4.78, 5) is 5.67. The number of ether oxygens (including phenoxy) is 2. The maximum atomic E-state index is 5.86. The van der Waals surface area contributed by atoms with Crippen molar-refractivity contribution in [2.45, 2.75) is 32.6 Å². The lowest BCUT2D eigenvalue weighted by atomic mass is 9.97. The first-order valence-electron chi connectivity index (χ1n) is 7.93. The van der Waals surface area contributed by atoms with E-state index in [1.165, 1.54) is 16.9 Å². The lowest BCUT2D eigenvalue weighted by Gasteiger charge is -2.17. The minimum absolute atomic E-state index is 0.254. The van der Waals surface area contributed by atoms with Crippen molar-refractivity contribution in [2.75, 3.05) is 26.4 Å². The minimum Gasteiger partial charge on any atom is -0.379 e. The van der Waals surface area contributed by atoms with E-state index in [1.54, 1.807) is 11.3 Å². The number of benzene rings is 1. The summed E-state index contributed by atoms with van der Waals surface area (Å²) < 4.78 is 11.4. The highest BCUT2D eigenvalue weighted by atomic mass is 32.1.